The van der Waals surface area contributed by atoms with Crippen LogP contribution in [0.1, 0.15) is 27.7 Å². The second-order valence-corrected chi connectivity index (χ2v) is 21.4. The first-order valence-electron chi connectivity index (χ1n) is 26.5. The second kappa shape index (κ2) is 26.7. The largest absolute Gasteiger partial charge is 0.498 e. The maximum absolute atomic E-state index is 13.7. The van der Waals surface area contributed by atoms with E-state index in [1.807, 2.05) is 27.7 Å². The van der Waals surface area contributed by atoms with Crippen molar-refractivity contribution in [1.29, 1.82) is 0 Å². The molecule has 6 aromatic carbocycles. The van der Waals surface area contributed by atoms with Gasteiger partial charge in [0.2, 0.25) is 23.6 Å². The molecule has 0 unspecified atom stereocenters. The first kappa shape index (κ1) is 62.6. The van der Waals surface area contributed by atoms with Crippen LogP contribution in [0.3, 0.4) is 0 Å². The molecule has 1 saturated heterocycles. The zero-order valence-electron chi connectivity index (χ0n) is 48.7. The first-order valence-corrected chi connectivity index (χ1v) is 27.6. The third kappa shape index (κ3) is 13.7. The fourth-order valence-electron chi connectivity index (χ4n) is 9.16. The highest BCUT2D eigenvalue weighted by atomic mass is 125. The Kier molecular flexibility index (Phi) is 19.4. The Morgan fingerprint density at radius 3 is 1.21 bits per heavy atom. The van der Waals surface area contributed by atoms with Crippen molar-refractivity contribution in [3.63, 3.8) is 0 Å². The molecule has 0 spiro atoms. The molecule has 448 valence electrons. The van der Waals surface area contributed by atoms with Gasteiger partial charge in [0, 0.05) is 29.0 Å². The van der Waals surface area contributed by atoms with Crippen molar-refractivity contribution in [3.8, 4) is 34.5 Å². The van der Waals surface area contributed by atoms with Gasteiger partial charge in [-0.15, -0.1) is 0 Å². The van der Waals surface area contributed by atoms with Crippen molar-refractivity contribution in [2.24, 2.45) is 0 Å². The topological polar surface area (TPSA) is 278 Å². The van der Waals surface area contributed by atoms with Gasteiger partial charge in [-0.2, -0.15) is 0 Å². The predicted molar refractivity (Wildman–Crippen MR) is 333 cm³/mol. The summed E-state index contributed by atoms with van der Waals surface area (Å²) in [5, 5.41) is 11.2. The summed E-state index contributed by atoms with van der Waals surface area (Å²) in [7, 11) is 8.20. The summed E-state index contributed by atoms with van der Waals surface area (Å²) in [5.74, 6) is 0.595. The normalized spacial score (nSPS) is 13.0. The summed E-state index contributed by atoms with van der Waals surface area (Å²) in [6.45, 7) is 5.71. The number of halogens is 1. The molecule has 0 radical (unpaired) electrons. The quantitative estimate of drug-likeness (QED) is 0.0547. The predicted octanol–water partition coefficient (Wildman–Crippen LogP) is 5.84. The van der Waals surface area contributed by atoms with Crippen LogP contribution in [0.25, 0.3) is 21.8 Å². The lowest BCUT2D eigenvalue weighted by atomic mass is 9.78. The molecule has 0 saturated carbocycles. The zero-order chi connectivity index (χ0) is 62.2. The highest BCUT2D eigenvalue weighted by molar-refractivity contribution is 14.1. The van der Waals surface area contributed by atoms with Crippen LogP contribution >= 0.6 is 22.6 Å². The number of carbonyl (C=O) groups excluding carboxylic acids is 4. The lowest BCUT2D eigenvalue weighted by molar-refractivity contribution is -0.118. The molecule has 0 atom stereocenters. The number of hydrogen-bond donors (Lipinski definition) is 4. The Hall–Kier alpha value is -9.41. The van der Waals surface area contributed by atoms with E-state index in [9.17, 15) is 38.4 Å². The van der Waals surface area contributed by atoms with Crippen molar-refractivity contribution in [3.05, 3.63) is 167 Å². The Balaban J connectivity index is 0.000000227. The van der Waals surface area contributed by atoms with E-state index in [4.69, 9.17) is 37.7 Å². The number of aromatic nitrogens is 4. The number of anilines is 4. The van der Waals surface area contributed by atoms with Gasteiger partial charge < -0.3 is 59.0 Å². The molecule has 1 aliphatic rings. The van der Waals surface area contributed by atoms with E-state index in [1.54, 1.807) is 109 Å². The highest BCUT2D eigenvalue weighted by Crippen LogP contribution is 2.39. The van der Waals surface area contributed by atoms with Gasteiger partial charge in [-0.25, -0.2) is 9.59 Å². The van der Waals surface area contributed by atoms with Gasteiger partial charge in [0.1, 0.15) is 60.7 Å². The number of fused-ring (bicyclic) bond motifs is 2. The molecule has 1 aliphatic heterocycles. The van der Waals surface area contributed by atoms with Crippen LogP contribution in [0, 0.1) is 3.57 Å². The van der Waals surface area contributed by atoms with E-state index >= 15 is 0 Å². The van der Waals surface area contributed by atoms with E-state index in [-0.39, 0.29) is 27.5 Å². The lowest BCUT2D eigenvalue weighted by Gasteiger charge is -2.32. The fourth-order valence-corrected chi connectivity index (χ4v) is 9.85. The summed E-state index contributed by atoms with van der Waals surface area (Å²) in [6, 6.07) is 32.6. The van der Waals surface area contributed by atoms with Crippen LogP contribution < -0.4 is 77.6 Å². The number of nitrogens with one attached hydrogen (secondary N) is 4. The molecular weight excluding hydrogens is 1220 g/mol. The van der Waals surface area contributed by atoms with Crippen molar-refractivity contribution in [2.75, 3.05) is 63.9 Å². The van der Waals surface area contributed by atoms with Gasteiger partial charge in [-0.05, 0) is 135 Å². The van der Waals surface area contributed by atoms with Gasteiger partial charge in [-0.3, -0.25) is 47.0 Å². The zero-order valence-corrected chi connectivity index (χ0v) is 50.8. The highest BCUT2D eigenvalue weighted by Gasteiger charge is 2.52. The Labute approximate surface area is 506 Å². The van der Waals surface area contributed by atoms with Crippen molar-refractivity contribution >= 4 is 103 Å². The molecule has 0 bridgehead atoms. The number of amides is 4. The Morgan fingerprint density at radius 1 is 0.453 bits per heavy atom. The standard InChI is InChI=1S/C33H37BN4O9.C27H25IN4O7/c1-32(2)33(3,4)47-34(46-32)23-16-24(27(45-7)17-26(23)44-6)36-29(40)18-37-25-11-9-8-10-22(25)30(41)38(31(37)42)19-28(39)35-20-12-14-21(43-5)15-13-20;1-37-17-10-8-16(9-11-17)29-24(33)15-32-26(35)18-6-4-5-7-21(18)31(27(32)36)14-25(34)30-20-12-19(28)22(38-2)13-23(20)39-3/h8-17H,18-19H2,1-7H3,(H,35,39)(H,36,40);4-13H,14-15H2,1-3H3,(H,29,33)(H,30,34)/i;28-2. The van der Waals surface area contributed by atoms with Gasteiger partial charge in [-0.1, -0.05) is 24.3 Å². The molecule has 86 heavy (non-hydrogen) atoms. The summed E-state index contributed by atoms with van der Waals surface area (Å²) in [5.41, 5.74) is -1.52. The van der Waals surface area contributed by atoms with Crippen LogP contribution in [-0.4, -0.2) is 103 Å². The molecule has 2 aromatic heterocycles. The van der Waals surface area contributed by atoms with Gasteiger partial charge >= 0.3 is 18.5 Å². The number of rotatable bonds is 19. The number of hydrogen-bond acceptors (Lipinski definition) is 16. The van der Waals surface area contributed by atoms with Gasteiger partial charge in [0.05, 0.1) is 90.6 Å². The number of para-hydroxylation sites is 2. The Morgan fingerprint density at radius 2 is 0.814 bits per heavy atom. The van der Waals surface area contributed by atoms with E-state index in [2.05, 4.69) is 43.9 Å². The SMILES string of the molecule is COc1ccc(NC(=O)Cn2c(=O)c3ccccc3n(CC(=O)Nc3cc(B4OC(C)(C)C(C)(C)O4)c(OC)cc3OC)c2=O)cc1.COc1ccc(NC(=O)Cn2c(=O)c3ccccc3n(CC(=O)Nc3cc([125I])c(OC)cc3OC)c2=O)cc1. The minimum atomic E-state index is -0.826. The fraction of sp³-hybridized carbons (Fsp3) is 0.267. The van der Waals surface area contributed by atoms with E-state index < -0.39 is 90.6 Å². The molecule has 4 N–H and O–H groups in total. The molecular formula is C60H62BIN8O16. The molecule has 24 nitrogen and oxygen atoms in total. The number of nitrogens with zero attached hydrogens (tertiary/aromatic N) is 4. The van der Waals surface area contributed by atoms with Crippen molar-refractivity contribution in [2.45, 2.75) is 65.1 Å². The van der Waals surface area contributed by atoms with Crippen LogP contribution in [-0.2, 0) is 54.7 Å². The Bertz CT molecular complexity index is 4130. The average Bonchev–Trinajstić information content (AvgIpc) is 1.39. The van der Waals surface area contributed by atoms with Gasteiger partial charge in [0.25, 0.3) is 11.1 Å². The van der Waals surface area contributed by atoms with Crippen LogP contribution in [0.15, 0.2) is 141 Å². The number of methoxy groups -OCH3 is 6. The lowest BCUT2D eigenvalue weighted by Crippen LogP contribution is -2.44. The van der Waals surface area contributed by atoms with E-state index in [0.717, 1.165) is 21.8 Å². The molecule has 1 fully saturated rings. The third-order valence-corrected chi connectivity index (χ3v) is 15.1. The molecule has 9 rings (SSSR count). The maximum Gasteiger partial charge on any atom is 0.498 e. The number of carbonyl (C=O) groups is 4. The molecule has 26 heteroatoms. The molecule has 3 heterocycles. The molecule has 0 aliphatic carbocycles. The van der Waals surface area contributed by atoms with Gasteiger partial charge in [0.15, 0.2) is 0 Å². The van der Waals surface area contributed by atoms with Crippen LogP contribution in [0.2, 0.25) is 0 Å². The number of ether oxygens (including phenoxy) is 6. The summed E-state index contributed by atoms with van der Waals surface area (Å²) < 4.78 is 49.1. The van der Waals surface area contributed by atoms with E-state index in [0.29, 0.717) is 57.0 Å². The summed E-state index contributed by atoms with van der Waals surface area (Å²) in [4.78, 5) is 106. The average molecular weight is 1290 g/mol. The maximum atomic E-state index is 13.7. The summed E-state index contributed by atoms with van der Waals surface area (Å²) >= 11 is 2.07. The number of benzene rings is 6. The first-order chi connectivity index (χ1) is 41.0. The smallest absolute Gasteiger partial charge is 0.497 e. The van der Waals surface area contributed by atoms with Crippen LogP contribution in [0.4, 0.5) is 22.7 Å². The molecule has 4 amide bonds. The summed E-state index contributed by atoms with van der Waals surface area (Å²) in [6.07, 6.45) is 0. The van der Waals surface area contributed by atoms with Crippen LogP contribution in [0.5, 0.6) is 34.5 Å². The minimum absolute atomic E-state index is 0.169. The van der Waals surface area contributed by atoms with E-state index in [1.165, 1.54) is 54.8 Å². The second-order valence-electron chi connectivity index (χ2n) is 20.3. The molecule has 8 aromatic rings. The minimum Gasteiger partial charge on any atom is -0.497 e. The monoisotopic (exact) mass is 1290 g/mol. The van der Waals surface area contributed by atoms with Crippen molar-refractivity contribution < 1.29 is 56.9 Å². The third-order valence-electron chi connectivity index (χ3n) is 14.3. The van der Waals surface area contributed by atoms with Crippen molar-refractivity contribution in [1.82, 2.24) is 18.3 Å².